The Balaban J connectivity index is 1.42. The van der Waals surface area contributed by atoms with Gasteiger partial charge in [0.15, 0.2) is 11.5 Å². The van der Waals surface area contributed by atoms with E-state index in [1.54, 1.807) is 23.1 Å². The molecule has 1 aromatic heterocycles. The summed E-state index contributed by atoms with van der Waals surface area (Å²) in [5.74, 6) is 0.572. The van der Waals surface area contributed by atoms with Crippen molar-refractivity contribution in [3.63, 3.8) is 0 Å². The number of fused-ring (bicyclic) bond motifs is 1. The molecule has 8 heteroatoms. The average molecular weight is 422 g/mol. The first kappa shape index (κ1) is 19.1. The van der Waals surface area contributed by atoms with Gasteiger partial charge in [-0.05, 0) is 42.0 Å². The minimum Gasteiger partial charge on any atom is -0.489 e. The van der Waals surface area contributed by atoms with Crippen LogP contribution in [0.1, 0.15) is 34.5 Å². The molecule has 4 rings (SSSR count). The Morgan fingerprint density at radius 2 is 2.11 bits per heavy atom. The summed E-state index contributed by atoms with van der Waals surface area (Å²) in [4.78, 5) is 27.5. The second-order valence-corrected chi connectivity index (χ2v) is 8.05. The van der Waals surface area contributed by atoms with Gasteiger partial charge in [-0.15, -0.1) is 11.3 Å². The molecule has 0 N–H and O–H groups in total. The number of carbonyl (C=O) groups is 2. The van der Waals surface area contributed by atoms with Crippen LogP contribution in [0.3, 0.4) is 0 Å². The van der Waals surface area contributed by atoms with E-state index in [0.29, 0.717) is 47.6 Å². The number of halogens is 1. The fourth-order valence-corrected chi connectivity index (χ4v) is 4.38. The fourth-order valence-electron chi connectivity index (χ4n) is 3.41. The highest BCUT2D eigenvalue weighted by Crippen LogP contribution is 2.38. The van der Waals surface area contributed by atoms with E-state index in [2.05, 4.69) is 0 Å². The molecule has 0 bridgehead atoms. The van der Waals surface area contributed by atoms with E-state index < -0.39 is 12.0 Å². The molecule has 3 heterocycles. The Morgan fingerprint density at radius 3 is 2.93 bits per heavy atom. The summed E-state index contributed by atoms with van der Waals surface area (Å²) in [5.41, 5.74) is 0.719. The van der Waals surface area contributed by atoms with Crippen LogP contribution >= 0.6 is 22.9 Å². The number of hydrogen-bond acceptors (Lipinski definition) is 6. The van der Waals surface area contributed by atoms with Crippen LogP contribution < -0.4 is 9.47 Å². The van der Waals surface area contributed by atoms with Crippen molar-refractivity contribution in [3.05, 3.63) is 45.1 Å². The Morgan fingerprint density at radius 1 is 1.25 bits per heavy atom. The number of thiophene rings is 1. The lowest BCUT2D eigenvalue weighted by atomic mass is 10.2. The van der Waals surface area contributed by atoms with Crippen LogP contribution in [0, 0.1) is 0 Å². The number of nitrogens with zero attached hydrogens (tertiary/aromatic N) is 1. The van der Waals surface area contributed by atoms with Gasteiger partial charge in [0.05, 0.1) is 23.1 Å². The van der Waals surface area contributed by atoms with Gasteiger partial charge in [0.25, 0.3) is 5.91 Å². The lowest BCUT2D eigenvalue weighted by Crippen LogP contribution is -2.41. The zero-order valence-electron chi connectivity index (χ0n) is 15.2. The number of ether oxygens (including phenoxy) is 3. The summed E-state index contributed by atoms with van der Waals surface area (Å²) < 4.78 is 16.8. The van der Waals surface area contributed by atoms with Crippen molar-refractivity contribution < 1.29 is 23.8 Å². The molecule has 0 unspecified atom stereocenters. The highest BCUT2D eigenvalue weighted by molar-refractivity contribution is 7.12. The zero-order chi connectivity index (χ0) is 19.5. The number of likely N-dealkylation sites (tertiary alicyclic amines) is 1. The summed E-state index contributed by atoms with van der Waals surface area (Å²) in [5, 5.41) is 2.28. The topological polar surface area (TPSA) is 65.1 Å². The van der Waals surface area contributed by atoms with E-state index in [1.807, 2.05) is 11.4 Å². The molecule has 0 radical (unpaired) electrons. The molecule has 2 aliphatic heterocycles. The maximum Gasteiger partial charge on any atom is 0.329 e. The lowest BCUT2D eigenvalue weighted by Gasteiger charge is -2.22. The van der Waals surface area contributed by atoms with Crippen LogP contribution in [0.4, 0.5) is 0 Å². The second kappa shape index (κ2) is 8.41. The molecule has 0 spiro atoms. The zero-order valence-corrected chi connectivity index (χ0v) is 16.8. The van der Waals surface area contributed by atoms with Gasteiger partial charge in [-0.25, -0.2) is 4.79 Å². The molecule has 28 heavy (non-hydrogen) atoms. The SMILES string of the molecule is O=C(OCc1cc(Cl)c2c(c1)OCCCO2)[C@@H]1CCCN1C(=O)c1cccs1. The van der Waals surface area contributed by atoms with E-state index in [9.17, 15) is 9.59 Å². The third-order valence-electron chi connectivity index (χ3n) is 4.76. The molecule has 1 aromatic carbocycles. The fraction of sp³-hybridized carbons (Fsp3) is 0.400. The van der Waals surface area contributed by atoms with Crippen molar-refractivity contribution in [2.24, 2.45) is 0 Å². The summed E-state index contributed by atoms with van der Waals surface area (Å²) >= 11 is 7.66. The Labute approximate surface area is 171 Å². The third-order valence-corrected chi connectivity index (χ3v) is 5.90. The Bertz CT molecular complexity index is 870. The molecule has 148 valence electrons. The van der Waals surface area contributed by atoms with E-state index in [0.717, 1.165) is 18.4 Å². The first-order valence-corrected chi connectivity index (χ1v) is 10.5. The van der Waals surface area contributed by atoms with Crippen molar-refractivity contribution in [2.45, 2.75) is 31.9 Å². The standard InChI is InChI=1S/C20H20ClNO5S/c21-14-10-13(11-16-18(14)26-8-3-7-25-16)12-27-20(24)15-4-1-6-22(15)19(23)17-5-2-9-28-17/h2,5,9-11,15H,1,3-4,6-8,12H2/t15-/m0/s1. The smallest absolute Gasteiger partial charge is 0.329 e. The first-order chi connectivity index (χ1) is 13.6. The third kappa shape index (κ3) is 3.95. The Kier molecular flexibility index (Phi) is 5.73. The van der Waals surface area contributed by atoms with Gasteiger partial charge >= 0.3 is 5.97 Å². The minimum atomic E-state index is -0.550. The predicted molar refractivity (Wildman–Crippen MR) is 105 cm³/mol. The summed E-state index contributed by atoms with van der Waals surface area (Å²) in [7, 11) is 0. The molecular formula is C20H20ClNO5S. The quantitative estimate of drug-likeness (QED) is 0.700. The highest BCUT2D eigenvalue weighted by Gasteiger charge is 2.36. The first-order valence-electron chi connectivity index (χ1n) is 9.22. The number of benzene rings is 1. The normalized spacial score (nSPS) is 18.6. The molecule has 6 nitrogen and oxygen atoms in total. The maximum absolute atomic E-state index is 12.6. The molecule has 2 aromatic rings. The summed E-state index contributed by atoms with van der Waals surface area (Å²) in [6.07, 6.45) is 2.18. The minimum absolute atomic E-state index is 0.0622. The van der Waals surface area contributed by atoms with Gasteiger partial charge < -0.3 is 19.1 Å². The van der Waals surface area contributed by atoms with Crippen LogP contribution in [0.5, 0.6) is 11.5 Å². The maximum atomic E-state index is 12.6. The van der Waals surface area contributed by atoms with E-state index in [1.165, 1.54) is 11.3 Å². The van der Waals surface area contributed by atoms with Gasteiger partial charge in [0.2, 0.25) is 0 Å². The van der Waals surface area contributed by atoms with E-state index in [-0.39, 0.29) is 12.5 Å². The van der Waals surface area contributed by atoms with E-state index >= 15 is 0 Å². The van der Waals surface area contributed by atoms with Gasteiger partial charge in [-0.3, -0.25) is 4.79 Å². The van der Waals surface area contributed by atoms with Crippen molar-refractivity contribution >= 4 is 34.8 Å². The van der Waals surface area contributed by atoms with Crippen LogP contribution in [-0.4, -0.2) is 42.6 Å². The largest absolute Gasteiger partial charge is 0.489 e. The van der Waals surface area contributed by atoms with Gasteiger partial charge in [-0.1, -0.05) is 17.7 Å². The molecular weight excluding hydrogens is 402 g/mol. The molecule has 1 amide bonds. The van der Waals surface area contributed by atoms with Gasteiger partial charge in [0.1, 0.15) is 12.6 Å². The lowest BCUT2D eigenvalue weighted by molar-refractivity contribution is -0.149. The van der Waals surface area contributed by atoms with Gasteiger partial charge in [-0.2, -0.15) is 0 Å². The van der Waals surface area contributed by atoms with Crippen molar-refractivity contribution in [1.82, 2.24) is 4.90 Å². The number of hydrogen-bond donors (Lipinski definition) is 0. The second-order valence-electron chi connectivity index (χ2n) is 6.70. The van der Waals surface area contributed by atoms with E-state index in [4.69, 9.17) is 25.8 Å². The van der Waals surface area contributed by atoms with Crippen LogP contribution in [0.2, 0.25) is 5.02 Å². The van der Waals surface area contributed by atoms with Crippen molar-refractivity contribution in [3.8, 4) is 11.5 Å². The predicted octanol–water partition coefficient (Wildman–Crippen LogP) is 3.91. The molecule has 2 aliphatic rings. The summed E-state index contributed by atoms with van der Waals surface area (Å²) in [6.45, 7) is 1.73. The molecule has 0 aliphatic carbocycles. The molecule has 1 atom stereocenters. The molecule has 1 fully saturated rings. The van der Waals surface area contributed by atoms with Gasteiger partial charge in [0, 0.05) is 13.0 Å². The highest BCUT2D eigenvalue weighted by atomic mass is 35.5. The van der Waals surface area contributed by atoms with Crippen LogP contribution in [0.25, 0.3) is 0 Å². The van der Waals surface area contributed by atoms with Crippen molar-refractivity contribution in [2.75, 3.05) is 19.8 Å². The number of carbonyl (C=O) groups excluding carboxylic acids is 2. The number of rotatable bonds is 4. The average Bonchev–Trinajstić information content (AvgIpc) is 3.34. The number of esters is 1. The number of amides is 1. The molecule has 0 saturated carbocycles. The summed E-state index contributed by atoms with van der Waals surface area (Å²) in [6, 6.07) is 6.54. The Hall–Kier alpha value is -2.25. The monoisotopic (exact) mass is 421 g/mol. The van der Waals surface area contributed by atoms with Crippen LogP contribution in [0.15, 0.2) is 29.6 Å². The van der Waals surface area contributed by atoms with Crippen molar-refractivity contribution in [1.29, 1.82) is 0 Å². The molecule has 1 saturated heterocycles. The van der Waals surface area contributed by atoms with Crippen LogP contribution in [-0.2, 0) is 16.1 Å².